The second-order valence-corrected chi connectivity index (χ2v) is 1.73. The molecule has 0 amide bonds. The first-order valence-corrected chi connectivity index (χ1v) is 3.16. The van der Waals surface area contributed by atoms with Crippen LogP contribution in [-0.2, 0) is 9.59 Å². The van der Waals surface area contributed by atoms with E-state index in [1.807, 2.05) is 0 Å². The van der Waals surface area contributed by atoms with Crippen LogP contribution >= 0.6 is 0 Å². The first kappa shape index (κ1) is 18.5. The van der Waals surface area contributed by atoms with Gasteiger partial charge in [-0.1, -0.05) is 12.2 Å². The van der Waals surface area contributed by atoms with E-state index in [0.29, 0.717) is 0 Å². The first-order chi connectivity index (χ1) is 5.54. The zero-order chi connectivity index (χ0) is 9.98. The average molecular weight is 210 g/mol. The van der Waals surface area contributed by atoms with Crippen molar-refractivity contribution in [3.05, 3.63) is 25.3 Å². The molecular weight excluding hydrogens is 200 g/mol. The summed E-state index contributed by atoms with van der Waals surface area (Å²) in [6, 6.07) is 0. The molecule has 0 saturated carbocycles. The summed E-state index contributed by atoms with van der Waals surface area (Å²) in [6.45, 7) is 6.36. The van der Waals surface area contributed by atoms with Crippen LogP contribution in [0.1, 0.15) is 12.8 Å². The summed E-state index contributed by atoms with van der Waals surface area (Å²) < 4.78 is 0. The summed E-state index contributed by atoms with van der Waals surface area (Å²) in [5, 5.41) is 18.8. The molecule has 0 aromatic carbocycles. The molecule has 0 aromatic rings. The minimum absolute atomic E-state index is 0. The van der Waals surface area contributed by atoms with Crippen LogP contribution in [0.3, 0.4) is 0 Å². The standard InChI is InChI=1S/2C4H6O2.Ca/c2*1-2-3-4(5)6;/h2*2H,1,3H2,(H,5,6);/q;;+2/p-2. The van der Waals surface area contributed by atoms with Gasteiger partial charge in [0.15, 0.2) is 0 Å². The van der Waals surface area contributed by atoms with Crippen molar-refractivity contribution in [2.75, 3.05) is 0 Å². The Morgan fingerprint density at radius 1 is 1.00 bits per heavy atom. The summed E-state index contributed by atoms with van der Waals surface area (Å²) in [7, 11) is 0. The van der Waals surface area contributed by atoms with Crippen molar-refractivity contribution in [3.8, 4) is 0 Å². The number of aliphatic carboxylic acids is 2. The summed E-state index contributed by atoms with van der Waals surface area (Å²) >= 11 is 0. The summed E-state index contributed by atoms with van der Waals surface area (Å²) in [5.74, 6) is -2.16. The second-order valence-electron chi connectivity index (χ2n) is 1.73. The van der Waals surface area contributed by atoms with E-state index in [4.69, 9.17) is 0 Å². The molecule has 0 aliphatic carbocycles. The van der Waals surface area contributed by atoms with E-state index < -0.39 is 11.9 Å². The van der Waals surface area contributed by atoms with Crippen LogP contribution in [0.2, 0.25) is 0 Å². The summed E-state index contributed by atoms with van der Waals surface area (Å²) in [5.41, 5.74) is 0. The Balaban J connectivity index is -0.000000143. The van der Waals surface area contributed by atoms with Crippen molar-refractivity contribution < 1.29 is 19.8 Å². The molecule has 0 bridgehead atoms. The SMILES string of the molecule is C=CCC(=O)[O-].C=CCC(=O)[O-].[Ca+2]. The third-order valence-corrected chi connectivity index (χ3v) is 0.622. The van der Waals surface area contributed by atoms with Gasteiger partial charge in [-0.05, 0) is 0 Å². The van der Waals surface area contributed by atoms with E-state index >= 15 is 0 Å². The van der Waals surface area contributed by atoms with Gasteiger partial charge in [-0.25, -0.2) is 0 Å². The molecule has 0 radical (unpaired) electrons. The Bertz CT molecular complexity index is 157. The molecule has 0 aliphatic heterocycles. The Labute approximate surface area is 107 Å². The Kier molecular flexibility index (Phi) is 20.2. The zero-order valence-corrected chi connectivity index (χ0v) is 9.53. The van der Waals surface area contributed by atoms with Crippen LogP contribution in [-0.4, -0.2) is 49.7 Å². The fraction of sp³-hybridized carbons (Fsp3) is 0.250. The number of carbonyl (C=O) groups is 2. The maximum atomic E-state index is 9.42. The molecule has 0 fully saturated rings. The van der Waals surface area contributed by atoms with E-state index in [1.165, 1.54) is 12.2 Å². The van der Waals surface area contributed by atoms with E-state index in [0.717, 1.165) is 0 Å². The summed E-state index contributed by atoms with van der Waals surface area (Å²) in [6.07, 6.45) is 2.46. The molecule has 0 atom stereocenters. The zero-order valence-electron chi connectivity index (χ0n) is 7.32. The van der Waals surface area contributed by atoms with Crippen molar-refractivity contribution in [1.82, 2.24) is 0 Å². The van der Waals surface area contributed by atoms with Gasteiger partial charge in [-0.2, -0.15) is 0 Å². The van der Waals surface area contributed by atoms with Crippen molar-refractivity contribution in [1.29, 1.82) is 0 Å². The predicted octanol–water partition coefficient (Wildman–Crippen LogP) is -1.76. The fourth-order valence-electron chi connectivity index (χ4n) is 0.236. The minimum Gasteiger partial charge on any atom is -0.550 e. The normalized spacial score (nSPS) is 6.77. The molecule has 0 unspecified atom stereocenters. The molecule has 0 spiro atoms. The van der Waals surface area contributed by atoms with Gasteiger partial charge in [0, 0.05) is 24.8 Å². The van der Waals surface area contributed by atoms with Crippen LogP contribution in [0.15, 0.2) is 25.3 Å². The largest absolute Gasteiger partial charge is 2.00 e. The first-order valence-electron chi connectivity index (χ1n) is 3.16. The van der Waals surface area contributed by atoms with Crippen molar-refractivity contribution in [3.63, 3.8) is 0 Å². The molecular formula is C8H10CaO4. The third-order valence-electron chi connectivity index (χ3n) is 0.622. The van der Waals surface area contributed by atoms with Gasteiger partial charge in [-0.15, -0.1) is 13.2 Å². The molecule has 4 nitrogen and oxygen atoms in total. The smallest absolute Gasteiger partial charge is 0.550 e. The second kappa shape index (κ2) is 14.2. The minimum atomic E-state index is -1.08. The number of rotatable bonds is 4. The maximum Gasteiger partial charge on any atom is 2.00 e. The molecule has 0 aromatic heterocycles. The number of carbonyl (C=O) groups excluding carboxylic acids is 2. The van der Waals surface area contributed by atoms with Gasteiger partial charge in [0.25, 0.3) is 0 Å². The van der Waals surface area contributed by atoms with E-state index in [1.54, 1.807) is 0 Å². The van der Waals surface area contributed by atoms with Gasteiger partial charge in [0.05, 0.1) is 0 Å². The molecule has 5 heteroatoms. The van der Waals surface area contributed by atoms with Gasteiger partial charge in [-0.3, -0.25) is 0 Å². The van der Waals surface area contributed by atoms with E-state index in [2.05, 4.69) is 13.2 Å². The van der Waals surface area contributed by atoms with E-state index in [-0.39, 0.29) is 50.6 Å². The van der Waals surface area contributed by atoms with Crippen LogP contribution in [0.25, 0.3) is 0 Å². The van der Waals surface area contributed by atoms with Crippen LogP contribution < -0.4 is 10.2 Å². The van der Waals surface area contributed by atoms with Gasteiger partial charge < -0.3 is 19.8 Å². The Morgan fingerprint density at radius 2 is 1.23 bits per heavy atom. The average Bonchev–Trinajstić information content (AvgIpc) is 1.87. The van der Waals surface area contributed by atoms with E-state index in [9.17, 15) is 19.8 Å². The molecule has 13 heavy (non-hydrogen) atoms. The number of hydrogen-bond donors (Lipinski definition) is 0. The molecule has 0 heterocycles. The van der Waals surface area contributed by atoms with Crippen LogP contribution in [0.4, 0.5) is 0 Å². The molecule has 0 saturated heterocycles. The van der Waals surface area contributed by atoms with Crippen molar-refractivity contribution in [2.45, 2.75) is 12.8 Å². The quantitative estimate of drug-likeness (QED) is 0.407. The maximum absolute atomic E-state index is 9.42. The predicted molar refractivity (Wildman–Crippen MR) is 45.4 cm³/mol. The molecule has 68 valence electrons. The van der Waals surface area contributed by atoms with Crippen molar-refractivity contribution >= 4 is 49.7 Å². The van der Waals surface area contributed by atoms with Crippen LogP contribution in [0, 0.1) is 0 Å². The van der Waals surface area contributed by atoms with Gasteiger partial charge in [0.2, 0.25) is 0 Å². The molecule has 0 rings (SSSR count). The number of hydrogen-bond acceptors (Lipinski definition) is 4. The van der Waals surface area contributed by atoms with Gasteiger partial charge >= 0.3 is 37.7 Å². The fourth-order valence-corrected chi connectivity index (χ4v) is 0.236. The van der Waals surface area contributed by atoms with Gasteiger partial charge in [0.1, 0.15) is 0 Å². The molecule has 0 aliphatic rings. The number of carboxylic acid groups (broad SMARTS) is 2. The topological polar surface area (TPSA) is 80.3 Å². The molecule has 0 N–H and O–H groups in total. The number of carboxylic acids is 2. The Hall–Kier alpha value is -0.320. The Morgan fingerprint density at radius 3 is 1.23 bits per heavy atom. The summed E-state index contributed by atoms with van der Waals surface area (Å²) in [4.78, 5) is 18.8. The van der Waals surface area contributed by atoms with Crippen LogP contribution in [0.5, 0.6) is 0 Å². The van der Waals surface area contributed by atoms with Crippen molar-refractivity contribution in [2.24, 2.45) is 0 Å². The monoisotopic (exact) mass is 210 g/mol. The third kappa shape index (κ3) is 33.9.